The van der Waals surface area contributed by atoms with Gasteiger partial charge in [0.25, 0.3) is 0 Å². The van der Waals surface area contributed by atoms with E-state index < -0.39 is 5.97 Å². The predicted molar refractivity (Wildman–Crippen MR) is 123 cm³/mol. The van der Waals surface area contributed by atoms with E-state index in [1.54, 1.807) is 42.0 Å². The summed E-state index contributed by atoms with van der Waals surface area (Å²) in [6, 6.07) is 19.3. The quantitative estimate of drug-likeness (QED) is 0.371. The lowest BCUT2D eigenvalue weighted by Gasteiger charge is -2.11. The standard InChI is InChI=1S/C25H22ClFN2O3/c1-32-18-10-11-19-20(14-28-13-16-6-2-4-8-21(16)26)24(25(30)31)29(23(19)12-18)15-17-7-3-5-9-22(17)27/h2-12,28H,13-15H2,1H3,(H,30,31). The topological polar surface area (TPSA) is 63.5 Å². The molecule has 0 spiro atoms. The molecule has 0 fully saturated rings. The summed E-state index contributed by atoms with van der Waals surface area (Å²) >= 11 is 6.24. The summed E-state index contributed by atoms with van der Waals surface area (Å²) in [5, 5.41) is 14.8. The third kappa shape index (κ3) is 4.33. The lowest BCUT2D eigenvalue weighted by atomic mass is 10.1. The fourth-order valence-corrected chi connectivity index (χ4v) is 4.08. The van der Waals surface area contributed by atoms with Crippen LogP contribution in [-0.4, -0.2) is 22.8 Å². The van der Waals surface area contributed by atoms with Gasteiger partial charge in [0.1, 0.15) is 17.3 Å². The minimum Gasteiger partial charge on any atom is -0.497 e. The first-order valence-electron chi connectivity index (χ1n) is 10.1. The van der Waals surface area contributed by atoms with Crippen molar-refractivity contribution in [3.8, 4) is 5.75 Å². The second kappa shape index (κ2) is 9.42. The SMILES string of the molecule is COc1ccc2c(CNCc3ccccc3Cl)c(C(=O)O)n(Cc3ccccc3F)c2c1. The van der Waals surface area contributed by atoms with Crippen molar-refractivity contribution in [2.75, 3.05) is 7.11 Å². The number of ether oxygens (including phenoxy) is 1. The van der Waals surface area contributed by atoms with E-state index in [9.17, 15) is 14.3 Å². The van der Waals surface area contributed by atoms with Crippen LogP contribution in [0.5, 0.6) is 5.75 Å². The number of methoxy groups -OCH3 is 1. The van der Waals surface area contributed by atoms with Gasteiger partial charge in [-0.2, -0.15) is 0 Å². The highest BCUT2D eigenvalue weighted by Crippen LogP contribution is 2.31. The molecular formula is C25H22ClFN2O3. The summed E-state index contributed by atoms with van der Waals surface area (Å²) in [5.74, 6) is -0.865. The summed E-state index contributed by atoms with van der Waals surface area (Å²) < 4.78 is 21.4. The Bertz CT molecular complexity index is 1290. The molecule has 7 heteroatoms. The Hall–Kier alpha value is -3.35. The molecule has 0 radical (unpaired) electrons. The van der Waals surface area contributed by atoms with Crippen LogP contribution >= 0.6 is 11.6 Å². The number of fused-ring (bicyclic) bond motifs is 1. The first-order chi connectivity index (χ1) is 15.5. The number of hydrogen-bond acceptors (Lipinski definition) is 3. The molecule has 32 heavy (non-hydrogen) atoms. The molecule has 4 rings (SSSR count). The zero-order chi connectivity index (χ0) is 22.7. The molecule has 164 valence electrons. The number of rotatable bonds is 8. The van der Waals surface area contributed by atoms with Crippen LogP contribution in [0.3, 0.4) is 0 Å². The molecule has 0 bridgehead atoms. The molecule has 4 aromatic rings. The van der Waals surface area contributed by atoms with Crippen molar-refractivity contribution in [3.63, 3.8) is 0 Å². The highest BCUT2D eigenvalue weighted by molar-refractivity contribution is 6.31. The monoisotopic (exact) mass is 452 g/mol. The summed E-state index contributed by atoms with van der Waals surface area (Å²) in [6.45, 7) is 0.872. The Labute approximate surface area is 190 Å². The van der Waals surface area contributed by atoms with Crippen LogP contribution < -0.4 is 10.1 Å². The van der Waals surface area contributed by atoms with E-state index in [4.69, 9.17) is 16.3 Å². The Morgan fingerprint density at radius 3 is 2.47 bits per heavy atom. The Morgan fingerprint density at radius 1 is 1.06 bits per heavy atom. The average molecular weight is 453 g/mol. The summed E-state index contributed by atoms with van der Waals surface area (Å²) in [4.78, 5) is 12.3. The molecule has 0 aliphatic heterocycles. The highest BCUT2D eigenvalue weighted by Gasteiger charge is 2.23. The number of carbonyl (C=O) groups is 1. The van der Waals surface area contributed by atoms with Crippen LogP contribution in [-0.2, 0) is 19.6 Å². The number of nitrogens with one attached hydrogen (secondary N) is 1. The van der Waals surface area contributed by atoms with Crippen LogP contribution in [0.1, 0.15) is 27.2 Å². The van der Waals surface area contributed by atoms with E-state index in [0.29, 0.717) is 40.5 Å². The zero-order valence-corrected chi connectivity index (χ0v) is 18.2. The van der Waals surface area contributed by atoms with Crippen molar-refractivity contribution < 1.29 is 19.0 Å². The Morgan fingerprint density at radius 2 is 1.78 bits per heavy atom. The van der Waals surface area contributed by atoms with E-state index in [0.717, 1.165) is 10.9 Å². The second-order valence-electron chi connectivity index (χ2n) is 7.39. The first kappa shape index (κ1) is 21.9. The molecule has 0 unspecified atom stereocenters. The van der Waals surface area contributed by atoms with E-state index in [1.807, 2.05) is 30.3 Å². The molecule has 0 saturated heterocycles. The maximum Gasteiger partial charge on any atom is 0.352 e. The molecule has 0 atom stereocenters. The zero-order valence-electron chi connectivity index (χ0n) is 17.4. The van der Waals surface area contributed by atoms with Gasteiger partial charge in [-0.3, -0.25) is 0 Å². The van der Waals surface area contributed by atoms with Gasteiger partial charge in [-0.15, -0.1) is 0 Å². The Kier molecular flexibility index (Phi) is 6.44. The lowest BCUT2D eigenvalue weighted by Crippen LogP contribution is -2.17. The lowest BCUT2D eigenvalue weighted by molar-refractivity contribution is 0.0684. The van der Waals surface area contributed by atoms with Crippen LogP contribution in [0.15, 0.2) is 66.7 Å². The number of carboxylic acid groups (broad SMARTS) is 1. The minimum absolute atomic E-state index is 0.0858. The highest BCUT2D eigenvalue weighted by atomic mass is 35.5. The number of benzene rings is 3. The number of aromatic carboxylic acids is 1. The van der Waals surface area contributed by atoms with Crippen molar-refractivity contribution in [2.24, 2.45) is 0 Å². The van der Waals surface area contributed by atoms with Crippen LogP contribution in [0.4, 0.5) is 4.39 Å². The van der Waals surface area contributed by atoms with Gasteiger partial charge < -0.3 is 19.7 Å². The van der Waals surface area contributed by atoms with Crippen molar-refractivity contribution >= 4 is 28.5 Å². The molecule has 3 aromatic carbocycles. The van der Waals surface area contributed by atoms with Gasteiger partial charge >= 0.3 is 5.97 Å². The number of carboxylic acids is 1. The predicted octanol–water partition coefficient (Wildman–Crippen LogP) is 5.48. The fourth-order valence-electron chi connectivity index (χ4n) is 3.88. The third-order valence-electron chi connectivity index (χ3n) is 5.44. The fraction of sp³-hybridized carbons (Fsp3) is 0.160. The van der Waals surface area contributed by atoms with Gasteiger partial charge in [0, 0.05) is 40.7 Å². The number of hydrogen-bond donors (Lipinski definition) is 2. The molecule has 0 saturated carbocycles. The second-order valence-corrected chi connectivity index (χ2v) is 7.80. The maximum atomic E-state index is 14.4. The van der Waals surface area contributed by atoms with Crippen LogP contribution in [0, 0.1) is 5.82 Å². The molecule has 5 nitrogen and oxygen atoms in total. The maximum absolute atomic E-state index is 14.4. The molecule has 0 aliphatic rings. The average Bonchev–Trinajstić information content (AvgIpc) is 3.09. The van der Waals surface area contributed by atoms with Crippen molar-refractivity contribution in [2.45, 2.75) is 19.6 Å². The van der Waals surface area contributed by atoms with E-state index in [1.165, 1.54) is 6.07 Å². The van der Waals surface area contributed by atoms with E-state index in [-0.39, 0.29) is 18.1 Å². The number of nitrogens with zero attached hydrogens (tertiary/aromatic N) is 1. The number of halogens is 2. The van der Waals surface area contributed by atoms with Crippen molar-refractivity contribution in [1.82, 2.24) is 9.88 Å². The molecular weight excluding hydrogens is 431 g/mol. The van der Waals surface area contributed by atoms with Gasteiger partial charge in [0.05, 0.1) is 19.2 Å². The van der Waals surface area contributed by atoms with Crippen molar-refractivity contribution in [3.05, 3.63) is 100.0 Å². The van der Waals surface area contributed by atoms with Gasteiger partial charge in [-0.25, -0.2) is 9.18 Å². The molecule has 0 aliphatic carbocycles. The Balaban J connectivity index is 1.77. The van der Waals surface area contributed by atoms with Crippen LogP contribution in [0.2, 0.25) is 5.02 Å². The van der Waals surface area contributed by atoms with Gasteiger partial charge in [0.15, 0.2) is 0 Å². The molecule has 1 heterocycles. The van der Waals surface area contributed by atoms with E-state index >= 15 is 0 Å². The van der Waals surface area contributed by atoms with Gasteiger partial charge in [-0.1, -0.05) is 48.0 Å². The molecule has 1 aromatic heterocycles. The van der Waals surface area contributed by atoms with Gasteiger partial charge in [0.2, 0.25) is 0 Å². The largest absolute Gasteiger partial charge is 0.497 e. The summed E-state index contributed by atoms with van der Waals surface area (Å²) in [6.07, 6.45) is 0. The first-order valence-corrected chi connectivity index (χ1v) is 10.5. The smallest absolute Gasteiger partial charge is 0.352 e. The summed E-state index contributed by atoms with van der Waals surface area (Å²) in [5.41, 5.74) is 2.73. The molecule has 0 amide bonds. The normalized spacial score (nSPS) is 11.1. The summed E-state index contributed by atoms with van der Waals surface area (Å²) in [7, 11) is 1.55. The number of aromatic nitrogens is 1. The van der Waals surface area contributed by atoms with Gasteiger partial charge in [-0.05, 0) is 29.8 Å². The van der Waals surface area contributed by atoms with Crippen LogP contribution in [0.25, 0.3) is 10.9 Å². The third-order valence-corrected chi connectivity index (χ3v) is 5.81. The molecule has 2 N–H and O–H groups in total. The minimum atomic E-state index is -1.08. The van der Waals surface area contributed by atoms with E-state index in [2.05, 4.69) is 5.32 Å². The van der Waals surface area contributed by atoms with Crippen molar-refractivity contribution in [1.29, 1.82) is 0 Å².